The van der Waals surface area contributed by atoms with E-state index in [2.05, 4.69) is 16.0 Å². The molecule has 2 saturated carbocycles. The molecule has 262 valence electrons. The molecule has 0 aromatic heterocycles. The molecular formula is C36H51N5O7. The maximum absolute atomic E-state index is 14.5. The van der Waals surface area contributed by atoms with Crippen molar-refractivity contribution in [3.8, 4) is 0 Å². The van der Waals surface area contributed by atoms with Gasteiger partial charge in [0, 0.05) is 24.6 Å². The second kappa shape index (κ2) is 14.7. The summed E-state index contributed by atoms with van der Waals surface area (Å²) in [5, 5.41) is 8.46. The van der Waals surface area contributed by atoms with Crippen LogP contribution in [0.4, 0.5) is 10.5 Å². The number of nitrogens with zero attached hydrogens (tertiary/aromatic N) is 2. The Labute approximate surface area is 283 Å². The number of Topliss-reactive ketones (excluding diaryl/α,β-unsaturated/α-hetero) is 1. The van der Waals surface area contributed by atoms with Gasteiger partial charge in [-0.25, -0.2) is 4.79 Å². The number of hydrogen-bond acceptors (Lipinski definition) is 7. The topological polar surface area (TPSA) is 154 Å². The molecule has 2 aliphatic carbocycles. The van der Waals surface area contributed by atoms with Crippen molar-refractivity contribution in [1.82, 2.24) is 20.9 Å². The lowest BCUT2D eigenvalue weighted by molar-refractivity contribution is -0.145. The number of anilines is 1. The molecule has 4 aliphatic rings. The monoisotopic (exact) mass is 665 g/mol. The standard InChI is InChI=1S/C36H51N5O7/c1-5-12-26(29(43)32(45)37-24-17-18-24)38-31(44)27-20-36(21-40(34(47)48-36)25-15-10-7-11-16-25)22-41(27)33(46)30(35(2,3)4)39-28(42)19-23-13-8-6-9-14-23/h7,10-11,15-16,23-24,26-27,30H,5-6,8-9,12-14,17-22H2,1-4H3,(H,37,45)(H,38,44)(H,39,42)/t26-,27-,30+,36+/m0/s1. The zero-order valence-corrected chi connectivity index (χ0v) is 28.7. The van der Waals surface area contributed by atoms with E-state index in [1.807, 2.05) is 45.9 Å². The largest absolute Gasteiger partial charge is 0.439 e. The summed E-state index contributed by atoms with van der Waals surface area (Å²) in [6, 6.07) is 5.86. The SMILES string of the molecule is CCC[C@H](NC(=O)[C@@H]1C[C@@]2(CN(c3ccccc3)C(=O)O2)CN1C(=O)[C@@H](NC(=O)CC1CCCCC1)C(C)(C)C)C(=O)C(=O)NC1CC1. The number of ketones is 1. The Hall–Kier alpha value is -3.96. The fourth-order valence-electron chi connectivity index (χ4n) is 7.19. The van der Waals surface area contributed by atoms with E-state index in [0.717, 1.165) is 38.5 Å². The Morgan fingerprint density at radius 1 is 0.958 bits per heavy atom. The quantitative estimate of drug-likeness (QED) is 0.288. The molecule has 2 heterocycles. The van der Waals surface area contributed by atoms with Crippen LogP contribution in [0, 0.1) is 11.3 Å². The van der Waals surface area contributed by atoms with Gasteiger partial charge in [0.1, 0.15) is 12.1 Å². The van der Waals surface area contributed by atoms with Crippen molar-refractivity contribution in [1.29, 1.82) is 0 Å². The van der Waals surface area contributed by atoms with Gasteiger partial charge in [-0.05, 0) is 55.6 Å². The van der Waals surface area contributed by atoms with Gasteiger partial charge in [-0.2, -0.15) is 0 Å². The Balaban J connectivity index is 1.40. The lowest BCUT2D eigenvalue weighted by atomic mass is 9.84. The lowest BCUT2D eigenvalue weighted by Crippen LogP contribution is -2.59. The molecule has 1 aromatic carbocycles. The van der Waals surface area contributed by atoms with Crippen LogP contribution in [0.5, 0.6) is 0 Å². The number of ether oxygens (including phenoxy) is 1. The number of likely N-dealkylation sites (tertiary alicyclic amines) is 1. The normalized spacial score (nSPS) is 24.2. The van der Waals surface area contributed by atoms with Gasteiger partial charge in [-0.3, -0.25) is 28.9 Å². The van der Waals surface area contributed by atoms with Gasteiger partial charge in [-0.1, -0.05) is 71.6 Å². The van der Waals surface area contributed by atoms with Gasteiger partial charge in [-0.15, -0.1) is 0 Å². The Kier molecular flexibility index (Phi) is 10.8. The van der Waals surface area contributed by atoms with Crippen LogP contribution in [0.15, 0.2) is 30.3 Å². The predicted molar refractivity (Wildman–Crippen MR) is 179 cm³/mol. The van der Waals surface area contributed by atoms with Gasteiger partial charge >= 0.3 is 6.09 Å². The third kappa shape index (κ3) is 8.36. The van der Waals surface area contributed by atoms with Crippen molar-refractivity contribution in [3.05, 3.63) is 30.3 Å². The van der Waals surface area contributed by atoms with E-state index in [1.54, 1.807) is 12.1 Å². The summed E-state index contributed by atoms with van der Waals surface area (Å²) in [5.41, 5.74) is -1.28. The van der Waals surface area contributed by atoms with Crippen LogP contribution in [0.1, 0.15) is 98.3 Å². The first-order valence-electron chi connectivity index (χ1n) is 17.6. The summed E-state index contributed by atoms with van der Waals surface area (Å²) in [4.78, 5) is 83.8. The van der Waals surface area contributed by atoms with Gasteiger partial charge < -0.3 is 25.6 Å². The van der Waals surface area contributed by atoms with E-state index >= 15 is 0 Å². The average molecular weight is 666 g/mol. The van der Waals surface area contributed by atoms with Crippen LogP contribution >= 0.6 is 0 Å². The van der Waals surface area contributed by atoms with Crippen molar-refractivity contribution >= 4 is 41.2 Å². The minimum absolute atomic E-state index is 0.00611. The van der Waals surface area contributed by atoms with E-state index in [1.165, 1.54) is 16.2 Å². The third-order valence-corrected chi connectivity index (χ3v) is 9.99. The van der Waals surface area contributed by atoms with Crippen LogP contribution < -0.4 is 20.9 Å². The molecule has 3 N–H and O–H groups in total. The van der Waals surface area contributed by atoms with E-state index in [4.69, 9.17) is 4.74 Å². The van der Waals surface area contributed by atoms with Crippen LogP contribution in [-0.4, -0.2) is 83.3 Å². The number of hydrogen-bond donors (Lipinski definition) is 3. The first-order valence-corrected chi connectivity index (χ1v) is 17.6. The summed E-state index contributed by atoms with van der Waals surface area (Å²) in [6.45, 7) is 7.47. The van der Waals surface area contributed by atoms with Gasteiger partial charge in [0.15, 0.2) is 5.60 Å². The minimum Gasteiger partial charge on any atom is -0.439 e. The number of nitrogens with one attached hydrogen (secondary N) is 3. The van der Waals surface area contributed by atoms with Gasteiger partial charge in [0.25, 0.3) is 5.91 Å². The second-order valence-electron chi connectivity index (χ2n) is 15.2. The van der Waals surface area contributed by atoms with Crippen molar-refractivity contribution in [2.75, 3.05) is 18.0 Å². The fraction of sp³-hybridized carbons (Fsp3) is 0.667. The van der Waals surface area contributed by atoms with Crippen molar-refractivity contribution < 1.29 is 33.5 Å². The van der Waals surface area contributed by atoms with E-state index in [-0.39, 0.29) is 43.8 Å². The maximum atomic E-state index is 14.5. The molecule has 4 atom stereocenters. The lowest BCUT2D eigenvalue weighted by Gasteiger charge is -2.36. The summed E-state index contributed by atoms with van der Waals surface area (Å²) in [7, 11) is 0. The van der Waals surface area contributed by atoms with Gasteiger partial charge in [0.2, 0.25) is 23.5 Å². The van der Waals surface area contributed by atoms with Crippen molar-refractivity contribution in [3.63, 3.8) is 0 Å². The number of para-hydroxylation sites is 1. The number of carbonyl (C=O) groups is 6. The molecule has 2 aliphatic heterocycles. The molecule has 48 heavy (non-hydrogen) atoms. The molecule has 5 rings (SSSR count). The maximum Gasteiger partial charge on any atom is 0.415 e. The summed E-state index contributed by atoms with van der Waals surface area (Å²) in [5.74, 6) is -2.47. The highest BCUT2D eigenvalue weighted by Crippen LogP contribution is 2.39. The van der Waals surface area contributed by atoms with E-state index < -0.39 is 58.7 Å². The van der Waals surface area contributed by atoms with Crippen LogP contribution in [-0.2, 0) is 28.7 Å². The molecule has 1 aromatic rings. The highest BCUT2D eigenvalue weighted by Gasteiger charge is 2.58. The molecule has 0 radical (unpaired) electrons. The van der Waals surface area contributed by atoms with Crippen molar-refractivity contribution in [2.45, 2.75) is 128 Å². The van der Waals surface area contributed by atoms with Crippen LogP contribution in [0.2, 0.25) is 0 Å². The van der Waals surface area contributed by atoms with E-state index in [0.29, 0.717) is 18.5 Å². The summed E-state index contributed by atoms with van der Waals surface area (Å²) in [6.07, 6.45) is 7.48. The van der Waals surface area contributed by atoms with Crippen molar-refractivity contribution in [2.24, 2.45) is 11.3 Å². The molecule has 5 amide bonds. The average Bonchev–Trinajstić information content (AvgIpc) is 3.70. The molecule has 0 unspecified atom stereocenters. The molecule has 1 spiro atoms. The van der Waals surface area contributed by atoms with Gasteiger partial charge in [0.05, 0.1) is 19.1 Å². The Morgan fingerprint density at radius 3 is 2.27 bits per heavy atom. The molecule has 12 nitrogen and oxygen atoms in total. The molecule has 0 bridgehead atoms. The molecule has 4 fully saturated rings. The molecule has 2 saturated heterocycles. The minimum atomic E-state index is -1.20. The number of carbonyl (C=O) groups excluding carboxylic acids is 6. The smallest absolute Gasteiger partial charge is 0.415 e. The van der Waals surface area contributed by atoms with Crippen LogP contribution in [0.3, 0.4) is 0 Å². The highest BCUT2D eigenvalue weighted by molar-refractivity contribution is 6.38. The second-order valence-corrected chi connectivity index (χ2v) is 15.2. The first kappa shape index (κ1) is 35.3. The number of amides is 5. The Bertz CT molecular complexity index is 1380. The number of rotatable bonds is 12. The zero-order chi connectivity index (χ0) is 34.6. The number of benzene rings is 1. The molecule has 12 heteroatoms. The van der Waals surface area contributed by atoms with Crippen LogP contribution in [0.25, 0.3) is 0 Å². The summed E-state index contributed by atoms with van der Waals surface area (Å²) >= 11 is 0. The Morgan fingerprint density at radius 2 is 1.65 bits per heavy atom. The zero-order valence-electron chi connectivity index (χ0n) is 28.7. The third-order valence-electron chi connectivity index (χ3n) is 9.99. The summed E-state index contributed by atoms with van der Waals surface area (Å²) < 4.78 is 5.97. The first-order chi connectivity index (χ1) is 22.8. The fourth-order valence-corrected chi connectivity index (χ4v) is 7.19. The van der Waals surface area contributed by atoms with E-state index in [9.17, 15) is 28.8 Å². The highest BCUT2D eigenvalue weighted by atomic mass is 16.6. The molecular weight excluding hydrogens is 614 g/mol. The predicted octanol–water partition coefficient (Wildman–Crippen LogP) is 3.62.